The van der Waals surface area contributed by atoms with Gasteiger partial charge in [-0.25, -0.2) is 4.98 Å². The quantitative estimate of drug-likeness (QED) is 0.124. The van der Waals surface area contributed by atoms with Crippen LogP contribution in [0.5, 0.6) is 5.88 Å². The van der Waals surface area contributed by atoms with Gasteiger partial charge in [-0.15, -0.1) is 0 Å². The number of ether oxygens (including phenoxy) is 2. The van der Waals surface area contributed by atoms with Crippen LogP contribution >= 0.6 is 0 Å². The summed E-state index contributed by atoms with van der Waals surface area (Å²) in [7, 11) is 1.64. The van der Waals surface area contributed by atoms with Crippen molar-refractivity contribution in [3.63, 3.8) is 0 Å². The third-order valence-electron chi connectivity index (χ3n) is 8.86. The lowest BCUT2D eigenvalue weighted by molar-refractivity contribution is -0.142. The van der Waals surface area contributed by atoms with Crippen molar-refractivity contribution in [2.75, 3.05) is 23.4 Å². The minimum Gasteiger partial charge on any atom is -0.478 e. The molecule has 5 heterocycles. The minimum absolute atomic E-state index is 0.0510. The molecule has 254 valence electrons. The van der Waals surface area contributed by atoms with Crippen LogP contribution in [0.3, 0.4) is 0 Å². The van der Waals surface area contributed by atoms with E-state index < -0.39 is 5.97 Å². The number of hydrogen-bond donors (Lipinski definition) is 1. The average molecular weight is 665 g/mol. The lowest BCUT2D eigenvalue weighted by atomic mass is 9.90. The zero-order valence-corrected chi connectivity index (χ0v) is 28.2. The van der Waals surface area contributed by atoms with E-state index >= 15 is 0 Å². The fraction of sp³-hybridized carbons (Fsp3) is 0.351. The van der Waals surface area contributed by atoms with Gasteiger partial charge in [-0.05, 0) is 66.1 Å². The van der Waals surface area contributed by atoms with Crippen LogP contribution in [-0.4, -0.2) is 49.9 Å². The van der Waals surface area contributed by atoms with Crippen LogP contribution in [0.25, 0.3) is 11.1 Å². The first kappa shape index (κ1) is 33.4. The molecule has 12 nitrogen and oxygen atoms in total. The number of esters is 1. The molecule has 0 aromatic carbocycles. The summed E-state index contributed by atoms with van der Waals surface area (Å²) >= 11 is 0. The van der Waals surface area contributed by atoms with Crippen LogP contribution in [0.4, 0.5) is 17.3 Å². The van der Waals surface area contributed by atoms with Crippen LogP contribution in [-0.2, 0) is 47.4 Å². The smallest absolute Gasteiger partial charge is 0.302 e. The number of nitrogens with zero attached hydrogens (tertiary/aromatic N) is 5. The number of nitrogens with one attached hydrogen (secondary N) is 1. The molecule has 1 aliphatic carbocycles. The molecule has 0 fully saturated rings. The molecule has 2 aliphatic rings. The van der Waals surface area contributed by atoms with Gasteiger partial charge in [0.1, 0.15) is 29.6 Å². The third kappa shape index (κ3) is 7.03. The van der Waals surface area contributed by atoms with Gasteiger partial charge in [0, 0.05) is 68.8 Å². The zero-order chi connectivity index (χ0) is 34.9. The number of aromatic nitrogens is 4. The van der Waals surface area contributed by atoms with E-state index in [-0.39, 0.29) is 35.0 Å². The molecule has 1 aliphatic heterocycles. The molecule has 0 bridgehead atoms. The molecule has 1 N–H and O–H groups in total. The van der Waals surface area contributed by atoms with Gasteiger partial charge in [-0.1, -0.05) is 26.5 Å². The zero-order valence-electron chi connectivity index (χ0n) is 28.2. The highest BCUT2D eigenvalue weighted by molar-refractivity contribution is 6.06. The third-order valence-corrected chi connectivity index (χ3v) is 8.86. The van der Waals surface area contributed by atoms with E-state index in [1.165, 1.54) is 28.8 Å². The monoisotopic (exact) mass is 664 g/mol. The van der Waals surface area contributed by atoms with Crippen molar-refractivity contribution in [3.05, 3.63) is 94.3 Å². The van der Waals surface area contributed by atoms with Gasteiger partial charge in [0.15, 0.2) is 5.78 Å². The molecular weight excluding hydrogens is 624 g/mol. The molecule has 0 unspecified atom stereocenters. The van der Waals surface area contributed by atoms with Gasteiger partial charge in [0.05, 0.1) is 6.61 Å². The Bertz CT molecular complexity index is 2030. The maximum Gasteiger partial charge on any atom is 0.302 e. The number of carbonyl (C=O) groups excluding carboxylic acids is 3. The fourth-order valence-corrected chi connectivity index (χ4v) is 6.59. The molecule has 0 atom stereocenters. The van der Waals surface area contributed by atoms with Crippen molar-refractivity contribution in [1.29, 1.82) is 0 Å². The number of ketones is 1. The molecule has 4 aromatic heterocycles. The summed E-state index contributed by atoms with van der Waals surface area (Å²) in [6.07, 6.45) is 7.31. The molecular formula is C37H40N6O6. The Labute approximate surface area is 284 Å². The van der Waals surface area contributed by atoms with Crippen LogP contribution in [0.1, 0.15) is 60.9 Å². The van der Waals surface area contributed by atoms with Gasteiger partial charge >= 0.3 is 5.97 Å². The second kappa shape index (κ2) is 13.5. The average Bonchev–Trinajstić information content (AvgIpc) is 3.56. The van der Waals surface area contributed by atoms with E-state index in [4.69, 9.17) is 9.47 Å². The second-order valence-corrected chi connectivity index (χ2v) is 13.2. The van der Waals surface area contributed by atoms with E-state index in [0.717, 1.165) is 12.8 Å². The predicted octanol–water partition coefficient (Wildman–Crippen LogP) is 5.15. The Balaban J connectivity index is 1.31. The van der Waals surface area contributed by atoms with Crippen molar-refractivity contribution < 1.29 is 23.9 Å². The van der Waals surface area contributed by atoms with Crippen LogP contribution < -0.4 is 20.5 Å². The van der Waals surface area contributed by atoms with Crippen molar-refractivity contribution in [3.8, 4) is 17.0 Å². The molecule has 0 spiro atoms. The van der Waals surface area contributed by atoms with E-state index in [1.807, 2.05) is 6.07 Å². The van der Waals surface area contributed by atoms with Gasteiger partial charge < -0.3 is 23.9 Å². The van der Waals surface area contributed by atoms with Gasteiger partial charge in [-0.3, -0.25) is 24.1 Å². The summed E-state index contributed by atoms with van der Waals surface area (Å²) in [5, 5.41) is 3.11. The van der Waals surface area contributed by atoms with Crippen LogP contribution in [0.2, 0.25) is 0 Å². The highest BCUT2D eigenvalue weighted by atomic mass is 16.5. The first-order valence-corrected chi connectivity index (χ1v) is 16.3. The van der Waals surface area contributed by atoms with Crippen molar-refractivity contribution in [1.82, 2.24) is 19.1 Å². The Hall–Kier alpha value is -5.52. The number of carbonyl (C=O) groups is 3. The minimum atomic E-state index is -0.470. The Morgan fingerprint density at radius 1 is 1.12 bits per heavy atom. The number of pyridine rings is 3. The van der Waals surface area contributed by atoms with Crippen molar-refractivity contribution >= 4 is 35.0 Å². The van der Waals surface area contributed by atoms with E-state index in [1.54, 1.807) is 54.7 Å². The molecule has 6 rings (SSSR count). The molecule has 1 amide bonds. The summed E-state index contributed by atoms with van der Waals surface area (Å²) in [5.41, 5.74) is 5.06. The highest BCUT2D eigenvalue weighted by Gasteiger charge is 2.37. The summed E-state index contributed by atoms with van der Waals surface area (Å²) in [6.45, 7) is 10.5. The van der Waals surface area contributed by atoms with Crippen LogP contribution in [0.15, 0.2) is 66.2 Å². The first-order chi connectivity index (χ1) is 23.4. The van der Waals surface area contributed by atoms with E-state index in [9.17, 15) is 19.2 Å². The van der Waals surface area contributed by atoms with E-state index in [2.05, 4.69) is 40.3 Å². The van der Waals surface area contributed by atoms with Gasteiger partial charge in [-0.2, -0.15) is 4.98 Å². The lowest BCUT2D eigenvalue weighted by Gasteiger charge is -2.31. The molecule has 4 aromatic rings. The van der Waals surface area contributed by atoms with Crippen molar-refractivity contribution in [2.24, 2.45) is 12.5 Å². The molecule has 0 radical (unpaired) electrons. The SMILES string of the molecule is C=CC(=O)CCCOc1cccc(Nc2cc(-c3ccnc(N4CCn5c(cc6c5CC(C)(C)C6)C4=O)c3COC(C)=O)cn(C)c2=O)n1. The number of hydrogen-bond acceptors (Lipinski definition) is 9. The van der Waals surface area contributed by atoms with E-state index in [0.29, 0.717) is 72.4 Å². The number of aryl methyl sites for hydroxylation is 1. The molecule has 12 heteroatoms. The number of amides is 1. The predicted molar refractivity (Wildman–Crippen MR) is 185 cm³/mol. The fourth-order valence-electron chi connectivity index (χ4n) is 6.59. The summed E-state index contributed by atoms with van der Waals surface area (Å²) < 4.78 is 14.8. The normalized spacial score (nSPS) is 14.6. The first-order valence-electron chi connectivity index (χ1n) is 16.3. The molecule has 0 saturated heterocycles. The topological polar surface area (TPSA) is 138 Å². The van der Waals surface area contributed by atoms with Gasteiger partial charge in [0.2, 0.25) is 5.88 Å². The lowest BCUT2D eigenvalue weighted by Crippen LogP contribution is -2.41. The maximum atomic E-state index is 14.0. The Kier molecular flexibility index (Phi) is 9.22. The number of rotatable bonds is 12. The number of anilines is 3. The van der Waals surface area contributed by atoms with Crippen LogP contribution in [0, 0.1) is 5.41 Å². The highest BCUT2D eigenvalue weighted by Crippen LogP contribution is 2.40. The second-order valence-electron chi connectivity index (χ2n) is 13.2. The maximum absolute atomic E-state index is 14.0. The summed E-state index contributed by atoms with van der Waals surface area (Å²) in [4.78, 5) is 61.5. The number of allylic oxidation sites excluding steroid dienone is 1. The number of fused-ring (bicyclic) bond motifs is 3. The Morgan fingerprint density at radius 3 is 2.71 bits per heavy atom. The van der Waals surface area contributed by atoms with Crippen molar-refractivity contribution in [2.45, 2.75) is 59.6 Å². The largest absolute Gasteiger partial charge is 0.478 e. The van der Waals surface area contributed by atoms with Gasteiger partial charge in [0.25, 0.3) is 11.5 Å². The molecule has 0 saturated carbocycles. The molecule has 49 heavy (non-hydrogen) atoms. The summed E-state index contributed by atoms with van der Waals surface area (Å²) in [6, 6.07) is 10.7. The summed E-state index contributed by atoms with van der Waals surface area (Å²) in [5.74, 6) is 0.461. The Morgan fingerprint density at radius 2 is 1.94 bits per heavy atom. The standard InChI is InChI=1S/C37H40N6O6/c1-6-26(45)9-8-16-48-33-11-7-10-32(40-33)39-29-17-25(21-41(5)35(29)46)27-12-13-38-34(28(27)22-49-23(2)44)43-15-14-42-30(36(43)47)18-24-19-37(3,4)20-31(24)42/h6-7,10-13,17-18,21H,1,8-9,14-16,19-20,22H2,2-5H3,(H,39,40).